The van der Waals surface area contributed by atoms with Crippen LogP contribution in [-0.2, 0) is 9.59 Å². The van der Waals surface area contributed by atoms with Crippen LogP contribution in [0.25, 0.3) is 6.08 Å². The lowest BCUT2D eigenvalue weighted by molar-refractivity contribution is -0.131. The number of barbiturate groups is 1. The highest BCUT2D eigenvalue weighted by molar-refractivity contribution is 6.31. The van der Waals surface area contributed by atoms with Gasteiger partial charge in [-0.3, -0.25) is 19.8 Å². The molecule has 1 aromatic rings. The molecule has 0 bridgehead atoms. The zero-order chi connectivity index (χ0) is 19.8. The topological polar surface area (TPSA) is 71.4 Å². The van der Waals surface area contributed by atoms with Crippen molar-refractivity contribution >= 4 is 23.9 Å². The molecule has 0 radical (unpaired) electrons. The maximum absolute atomic E-state index is 13.0. The molecular formula is C22H29N3O3. The molecule has 4 rings (SSSR count). The highest BCUT2D eigenvalue weighted by Crippen LogP contribution is 2.33. The second-order valence-electron chi connectivity index (χ2n) is 8.42. The molecule has 150 valence electrons. The molecule has 1 saturated heterocycles. The molecule has 2 heterocycles. The molecule has 4 amide bonds. The van der Waals surface area contributed by atoms with Crippen LogP contribution in [0.3, 0.4) is 0 Å². The highest BCUT2D eigenvalue weighted by atomic mass is 16.2. The van der Waals surface area contributed by atoms with Crippen molar-refractivity contribution in [2.24, 2.45) is 0 Å². The maximum Gasteiger partial charge on any atom is 0.331 e. The SMILES string of the molecule is Cc1cc(/C=C2/C(=O)NC(=O)N(C3CCCC3)C2=O)c(C)n1C1CCCCC1. The molecule has 0 unspecified atom stereocenters. The smallest absolute Gasteiger partial charge is 0.331 e. The molecule has 2 saturated carbocycles. The summed E-state index contributed by atoms with van der Waals surface area (Å²) in [5.41, 5.74) is 3.20. The largest absolute Gasteiger partial charge is 0.346 e. The summed E-state index contributed by atoms with van der Waals surface area (Å²) in [6.45, 7) is 4.14. The quantitative estimate of drug-likeness (QED) is 0.633. The van der Waals surface area contributed by atoms with E-state index in [4.69, 9.17) is 0 Å². The predicted octanol–water partition coefficient (Wildman–Crippen LogP) is 4.01. The Kier molecular flexibility index (Phi) is 5.13. The molecule has 3 aliphatic rings. The van der Waals surface area contributed by atoms with Crippen LogP contribution in [0.15, 0.2) is 11.6 Å². The van der Waals surface area contributed by atoms with Crippen LogP contribution in [0.5, 0.6) is 0 Å². The van der Waals surface area contributed by atoms with Crippen molar-refractivity contribution < 1.29 is 14.4 Å². The van der Waals surface area contributed by atoms with Gasteiger partial charge in [0.1, 0.15) is 5.57 Å². The van der Waals surface area contributed by atoms with Gasteiger partial charge >= 0.3 is 6.03 Å². The van der Waals surface area contributed by atoms with Gasteiger partial charge in [-0.05, 0) is 57.2 Å². The first-order valence-corrected chi connectivity index (χ1v) is 10.6. The summed E-state index contributed by atoms with van der Waals surface area (Å²) < 4.78 is 2.36. The van der Waals surface area contributed by atoms with Crippen molar-refractivity contribution in [2.45, 2.75) is 83.7 Å². The number of urea groups is 1. The van der Waals surface area contributed by atoms with Crippen molar-refractivity contribution in [3.05, 3.63) is 28.6 Å². The van der Waals surface area contributed by atoms with Crippen molar-refractivity contribution in [1.29, 1.82) is 0 Å². The van der Waals surface area contributed by atoms with E-state index in [1.165, 1.54) is 37.0 Å². The van der Waals surface area contributed by atoms with Crippen molar-refractivity contribution in [2.75, 3.05) is 0 Å². The second-order valence-corrected chi connectivity index (χ2v) is 8.42. The standard InChI is InChI=1S/C22H29N3O3/c1-14-12-16(15(2)24(14)17-8-4-3-5-9-17)13-19-20(26)23-22(28)25(21(19)27)18-10-6-7-11-18/h12-13,17-18H,3-11H2,1-2H3,(H,23,26,28)/b19-13-. The van der Waals surface area contributed by atoms with Gasteiger partial charge in [-0.1, -0.05) is 32.1 Å². The number of carbonyl (C=O) groups excluding carboxylic acids is 3. The second kappa shape index (κ2) is 7.57. The van der Waals surface area contributed by atoms with Crippen LogP contribution in [0, 0.1) is 13.8 Å². The van der Waals surface area contributed by atoms with Crippen molar-refractivity contribution in [1.82, 2.24) is 14.8 Å². The van der Waals surface area contributed by atoms with E-state index in [0.29, 0.717) is 6.04 Å². The number of imide groups is 2. The minimum Gasteiger partial charge on any atom is -0.346 e. The summed E-state index contributed by atoms with van der Waals surface area (Å²) >= 11 is 0. The Labute approximate surface area is 166 Å². The number of aromatic nitrogens is 1. The number of hydrogen-bond acceptors (Lipinski definition) is 3. The van der Waals surface area contributed by atoms with E-state index in [1.54, 1.807) is 6.08 Å². The van der Waals surface area contributed by atoms with E-state index >= 15 is 0 Å². The lowest BCUT2D eigenvalue weighted by atomic mass is 9.95. The van der Waals surface area contributed by atoms with Gasteiger partial charge in [0.15, 0.2) is 0 Å². The lowest BCUT2D eigenvalue weighted by Crippen LogP contribution is -2.57. The van der Waals surface area contributed by atoms with E-state index < -0.39 is 17.8 Å². The van der Waals surface area contributed by atoms with Crippen LogP contribution in [0.4, 0.5) is 4.79 Å². The van der Waals surface area contributed by atoms with Gasteiger partial charge in [-0.15, -0.1) is 0 Å². The third kappa shape index (κ3) is 3.29. The monoisotopic (exact) mass is 383 g/mol. The van der Waals surface area contributed by atoms with Gasteiger partial charge in [0.2, 0.25) is 0 Å². The summed E-state index contributed by atoms with van der Waals surface area (Å²) in [7, 11) is 0. The molecule has 3 fully saturated rings. The van der Waals surface area contributed by atoms with Gasteiger partial charge in [-0.25, -0.2) is 4.79 Å². The van der Waals surface area contributed by atoms with Gasteiger partial charge < -0.3 is 4.57 Å². The van der Waals surface area contributed by atoms with E-state index in [-0.39, 0.29) is 11.6 Å². The first-order valence-electron chi connectivity index (χ1n) is 10.6. The summed E-state index contributed by atoms with van der Waals surface area (Å²) in [4.78, 5) is 39.0. The lowest BCUT2D eigenvalue weighted by Gasteiger charge is -2.31. The van der Waals surface area contributed by atoms with E-state index in [9.17, 15) is 14.4 Å². The Morgan fingerprint density at radius 3 is 2.21 bits per heavy atom. The van der Waals surface area contributed by atoms with Gasteiger partial charge in [0.25, 0.3) is 11.8 Å². The van der Waals surface area contributed by atoms with Gasteiger partial charge in [0.05, 0.1) is 0 Å². The number of hydrogen-bond donors (Lipinski definition) is 1. The fourth-order valence-corrected chi connectivity index (χ4v) is 5.17. The summed E-state index contributed by atoms with van der Waals surface area (Å²) in [6.07, 6.45) is 11.5. The van der Waals surface area contributed by atoms with Crippen LogP contribution >= 0.6 is 0 Å². The molecule has 1 aliphatic heterocycles. The number of aryl methyl sites for hydroxylation is 1. The Hall–Kier alpha value is -2.37. The third-order valence-electron chi connectivity index (χ3n) is 6.59. The maximum atomic E-state index is 13.0. The predicted molar refractivity (Wildman–Crippen MR) is 107 cm³/mol. The first kappa shape index (κ1) is 19.0. The highest BCUT2D eigenvalue weighted by Gasteiger charge is 2.40. The molecule has 0 atom stereocenters. The Bertz CT molecular complexity index is 839. The average molecular weight is 383 g/mol. The zero-order valence-corrected chi connectivity index (χ0v) is 16.8. The van der Waals surface area contributed by atoms with Gasteiger partial charge in [-0.2, -0.15) is 0 Å². The fraction of sp³-hybridized carbons (Fsp3) is 0.591. The van der Waals surface area contributed by atoms with E-state index in [0.717, 1.165) is 42.6 Å². The molecule has 28 heavy (non-hydrogen) atoms. The summed E-state index contributed by atoms with van der Waals surface area (Å²) in [6, 6.07) is 1.87. The molecule has 0 aromatic carbocycles. The Morgan fingerprint density at radius 1 is 0.929 bits per heavy atom. The normalized spacial score (nSPS) is 23.7. The fourth-order valence-electron chi connectivity index (χ4n) is 5.17. The number of nitrogens with one attached hydrogen (secondary N) is 1. The Morgan fingerprint density at radius 2 is 1.54 bits per heavy atom. The van der Waals surface area contributed by atoms with Crippen molar-refractivity contribution in [3.63, 3.8) is 0 Å². The molecule has 2 aliphatic carbocycles. The minimum absolute atomic E-state index is 0.0652. The molecule has 0 spiro atoms. The number of rotatable bonds is 3. The minimum atomic E-state index is -0.591. The van der Waals surface area contributed by atoms with Crippen LogP contribution in [0.1, 0.15) is 80.8 Å². The average Bonchev–Trinajstić information content (AvgIpc) is 3.28. The number of amides is 4. The third-order valence-corrected chi connectivity index (χ3v) is 6.59. The first-order chi connectivity index (χ1) is 13.5. The Balaban J connectivity index is 1.66. The molecule has 6 heteroatoms. The van der Waals surface area contributed by atoms with Crippen LogP contribution < -0.4 is 5.32 Å². The summed E-state index contributed by atoms with van der Waals surface area (Å²) in [5, 5.41) is 2.36. The number of carbonyl (C=O) groups is 3. The summed E-state index contributed by atoms with van der Waals surface area (Å²) in [5.74, 6) is -1.05. The molecule has 6 nitrogen and oxygen atoms in total. The van der Waals surface area contributed by atoms with E-state index in [2.05, 4.69) is 23.7 Å². The molecular weight excluding hydrogens is 354 g/mol. The van der Waals surface area contributed by atoms with Crippen LogP contribution in [0.2, 0.25) is 0 Å². The molecule has 1 N–H and O–H groups in total. The zero-order valence-electron chi connectivity index (χ0n) is 16.8. The molecule has 1 aromatic heterocycles. The number of nitrogens with zero attached hydrogens (tertiary/aromatic N) is 2. The van der Waals surface area contributed by atoms with Gasteiger partial charge in [0, 0.05) is 23.5 Å². The van der Waals surface area contributed by atoms with Crippen molar-refractivity contribution in [3.8, 4) is 0 Å². The van der Waals surface area contributed by atoms with E-state index in [1.807, 2.05) is 6.07 Å². The van der Waals surface area contributed by atoms with Crippen LogP contribution in [-0.4, -0.2) is 33.4 Å².